The summed E-state index contributed by atoms with van der Waals surface area (Å²) >= 11 is 0. The quantitative estimate of drug-likeness (QED) is 0.891. The molecule has 0 aliphatic carbocycles. The molecule has 1 saturated heterocycles. The molecule has 0 saturated carbocycles. The summed E-state index contributed by atoms with van der Waals surface area (Å²) in [6.07, 6.45) is 2.42. The fraction of sp³-hybridized carbons (Fsp3) is 0.462. The molecule has 0 spiro atoms. The van der Waals surface area contributed by atoms with E-state index in [2.05, 4.69) is 11.4 Å². The van der Waals surface area contributed by atoms with Crippen LogP contribution in [0.5, 0.6) is 0 Å². The summed E-state index contributed by atoms with van der Waals surface area (Å²) in [7, 11) is -0.601. The van der Waals surface area contributed by atoms with Gasteiger partial charge in [-0.1, -0.05) is 12.1 Å². The fourth-order valence-corrected chi connectivity index (χ4v) is 3.28. The molecule has 1 fully saturated rings. The highest BCUT2D eigenvalue weighted by molar-refractivity contribution is 7.85. The topological polar surface area (TPSA) is 52.9 Å². The number of hydrogen-bond donors (Lipinski definition) is 1. The Morgan fingerprint density at radius 1 is 1.29 bits per heavy atom. The highest BCUT2D eigenvalue weighted by Crippen LogP contribution is 2.17. The Morgan fingerprint density at radius 2 is 1.94 bits per heavy atom. The number of nitrogens with zero attached hydrogens (tertiary/aromatic N) is 1. The van der Waals surface area contributed by atoms with Crippen molar-refractivity contribution in [2.24, 2.45) is 0 Å². The Kier molecular flexibility index (Phi) is 4.16. The molecule has 0 atom stereocenters. The predicted octanol–water partition coefficient (Wildman–Crippen LogP) is 2.08. The van der Waals surface area contributed by atoms with Gasteiger partial charge in [0.25, 0.3) is 0 Å². The first-order valence-corrected chi connectivity index (χ1v) is 7.34. The zero-order valence-electron chi connectivity index (χ0n) is 9.69. The van der Waals surface area contributed by atoms with E-state index in [-0.39, 0.29) is 0 Å². The van der Waals surface area contributed by atoms with Crippen LogP contribution in [0.3, 0.4) is 0 Å². The van der Waals surface area contributed by atoms with E-state index in [1.54, 1.807) is 0 Å². The smallest absolute Gasteiger partial charge is 0.0669 e. The first kappa shape index (κ1) is 12.1. The van der Waals surface area contributed by atoms with Gasteiger partial charge in [-0.05, 0) is 30.5 Å². The molecule has 1 heterocycles. The van der Waals surface area contributed by atoms with Crippen LogP contribution in [-0.4, -0.2) is 21.8 Å². The molecule has 1 aliphatic rings. The van der Waals surface area contributed by atoms with E-state index in [9.17, 15) is 4.21 Å². The van der Waals surface area contributed by atoms with E-state index in [0.29, 0.717) is 12.5 Å². The Bertz CT molecular complexity index is 426. The maximum absolute atomic E-state index is 11.2. The van der Waals surface area contributed by atoms with Gasteiger partial charge in [0.2, 0.25) is 0 Å². The van der Waals surface area contributed by atoms with E-state index < -0.39 is 10.8 Å². The van der Waals surface area contributed by atoms with Crippen molar-refractivity contribution in [2.45, 2.75) is 25.3 Å². The summed E-state index contributed by atoms with van der Waals surface area (Å²) in [6, 6.07) is 10.6. The fourth-order valence-electron chi connectivity index (χ4n) is 1.98. The van der Waals surface area contributed by atoms with Gasteiger partial charge in [-0.2, -0.15) is 5.26 Å². The van der Waals surface area contributed by atoms with E-state index in [1.807, 2.05) is 24.3 Å². The Labute approximate surface area is 104 Å². The molecule has 90 valence electrons. The van der Waals surface area contributed by atoms with Crippen LogP contribution in [0, 0.1) is 11.3 Å². The van der Waals surface area contributed by atoms with Crippen molar-refractivity contribution in [3.05, 3.63) is 29.8 Å². The second kappa shape index (κ2) is 5.83. The lowest BCUT2D eigenvalue weighted by Gasteiger charge is -2.23. The summed E-state index contributed by atoms with van der Waals surface area (Å²) < 4.78 is 11.2. The first-order valence-electron chi connectivity index (χ1n) is 5.85. The van der Waals surface area contributed by atoms with Gasteiger partial charge in [-0.25, -0.2) is 0 Å². The summed E-state index contributed by atoms with van der Waals surface area (Å²) in [5.74, 6) is 1.62. The van der Waals surface area contributed by atoms with Crippen molar-refractivity contribution < 1.29 is 4.21 Å². The minimum Gasteiger partial charge on any atom is -0.382 e. The largest absolute Gasteiger partial charge is 0.382 e. The molecule has 0 unspecified atom stereocenters. The molecule has 1 aromatic carbocycles. The third-order valence-electron chi connectivity index (χ3n) is 3.00. The lowest BCUT2D eigenvalue weighted by Crippen LogP contribution is -2.29. The molecule has 1 aromatic rings. The molecule has 1 N–H and O–H groups in total. The number of nitrogens with one attached hydrogen (secondary N) is 1. The minimum atomic E-state index is -0.601. The molecule has 0 aromatic heterocycles. The van der Waals surface area contributed by atoms with Gasteiger partial charge in [0.1, 0.15) is 0 Å². The van der Waals surface area contributed by atoms with Gasteiger partial charge in [0.15, 0.2) is 0 Å². The summed E-state index contributed by atoms with van der Waals surface area (Å²) in [5.41, 5.74) is 2.13. The van der Waals surface area contributed by atoms with Crippen LogP contribution in [-0.2, 0) is 17.2 Å². The van der Waals surface area contributed by atoms with Crippen LogP contribution in [0.2, 0.25) is 0 Å². The highest BCUT2D eigenvalue weighted by atomic mass is 32.2. The molecule has 0 radical (unpaired) electrons. The molecule has 17 heavy (non-hydrogen) atoms. The van der Waals surface area contributed by atoms with Crippen molar-refractivity contribution in [1.82, 2.24) is 0 Å². The van der Waals surface area contributed by atoms with Gasteiger partial charge < -0.3 is 5.32 Å². The molecule has 2 rings (SSSR count). The first-order chi connectivity index (χ1) is 8.28. The minimum absolute atomic E-state index is 0.439. The van der Waals surface area contributed by atoms with Crippen LogP contribution in [0.4, 0.5) is 5.69 Å². The number of rotatable bonds is 3. The van der Waals surface area contributed by atoms with E-state index in [4.69, 9.17) is 5.26 Å². The number of nitriles is 1. The zero-order chi connectivity index (χ0) is 12.1. The molecule has 1 aliphatic heterocycles. The highest BCUT2D eigenvalue weighted by Gasteiger charge is 2.17. The average Bonchev–Trinajstić information content (AvgIpc) is 2.35. The average molecular weight is 248 g/mol. The van der Waals surface area contributed by atoms with Gasteiger partial charge in [0.05, 0.1) is 12.5 Å². The van der Waals surface area contributed by atoms with Gasteiger partial charge >= 0.3 is 0 Å². The molecule has 3 nitrogen and oxygen atoms in total. The van der Waals surface area contributed by atoms with Crippen molar-refractivity contribution in [3.63, 3.8) is 0 Å². The predicted molar refractivity (Wildman–Crippen MR) is 70.3 cm³/mol. The molecule has 0 bridgehead atoms. The monoisotopic (exact) mass is 248 g/mol. The third kappa shape index (κ3) is 3.57. The second-order valence-corrected chi connectivity index (χ2v) is 5.99. The number of anilines is 1. The van der Waals surface area contributed by atoms with Crippen LogP contribution in [0.15, 0.2) is 24.3 Å². The maximum Gasteiger partial charge on any atom is 0.0669 e. The number of benzene rings is 1. The van der Waals surface area contributed by atoms with Crippen LogP contribution in [0.25, 0.3) is 0 Å². The summed E-state index contributed by atoms with van der Waals surface area (Å²) in [4.78, 5) is 0. The van der Waals surface area contributed by atoms with Gasteiger partial charge in [0, 0.05) is 34.0 Å². The normalized spacial score (nSPS) is 23.9. The summed E-state index contributed by atoms with van der Waals surface area (Å²) in [6.45, 7) is 0. The Morgan fingerprint density at radius 3 is 2.53 bits per heavy atom. The van der Waals surface area contributed by atoms with Crippen molar-refractivity contribution in [2.75, 3.05) is 16.8 Å². The van der Waals surface area contributed by atoms with Crippen molar-refractivity contribution in [3.8, 4) is 6.07 Å². The Balaban J connectivity index is 1.90. The van der Waals surface area contributed by atoms with Crippen LogP contribution >= 0.6 is 0 Å². The van der Waals surface area contributed by atoms with Gasteiger partial charge in [-0.3, -0.25) is 4.21 Å². The van der Waals surface area contributed by atoms with E-state index in [0.717, 1.165) is 35.6 Å². The molecule has 0 amide bonds. The molecule has 4 heteroatoms. The maximum atomic E-state index is 11.2. The van der Waals surface area contributed by atoms with Crippen molar-refractivity contribution >= 4 is 16.5 Å². The Hall–Kier alpha value is -1.34. The number of hydrogen-bond acceptors (Lipinski definition) is 3. The molecular weight excluding hydrogens is 232 g/mol. The van der Waals surface area contributed by atoms with Gasteiger partial charge in [-0.15, -0.1) is 0 Å². The lowest BCUT2D eigenvalue weighted by atomic mass is 10.1. The zero-order valence-corrected chi connectivity index (χ0v) is 10.5. The standard InChI is InChI=1S/C13H16N2OS/c14-8-5-11-1-3-12(4-2-11)15-13-6-9-17(16)10-7-13/h1-4,13,15H,5-7,9-10H2. The summed E-state index contributed by atoms with van der Waals surface area (Å²) in [5, 5.41) is 12.0. The van der Waals surface area contributed by atoms with Crippen LogP contribution < -0.4 is 5.32 Å². The van der Waals surface area contributed by atoms with Crippen LogP contribution in [0.1, 0.15) is 18.4 Å². The SMILES string of the molecule is N#CCc1ccc(NC2CCS(=O)CC2)cc1. The molecular formula is C13H16N2OS. The van der Waals surface area contributed by atoms with E-state index in [1.165, 1.54) is 0 Å². The second-order valence-electron chi connectivity index (χ2n) is 4.30. The lowest BCUT2D eigenvalue weighted by molar-refractivity contribution is 0.624. The van der Waals surface area contributed by atoms with Crippen molar-refractivity contribution in [1.29, 1.82) is 5.26 Å². The van der Waals surface area contributed by atoms with E-state index >= 15 is 0 Å². The third-order valence-corrected chi connectivity index (χ3v) is 4.38.